The number of halogens is 1. The molecule has 0 unspecified atom stereocenters. The van der Waals surface area contributed by atoms with Gasteiger partial charge >= 0.3 is 0 Å². The summed E-state index contributed by atoms with van der Waals surface area (Å²) in [6.45, 7) is 6.38. The van der Waals surface area contributed by atoms with Crippen LogP contribution < -0.4 is 0 Å². The molecule has 1 saturated heterocycles. The number of aryl methyl sites for hydroxylation is 3. The second kappa shape index (κ2) is 5.72. The van der Waals surface area contributed by atoms with E-state index in [4.69, 9.17) is 16.0 Å². The minimum absolute atomic E-state index is 0.0774. The lowest BCUT2D eigenvalue weighted by Gasteiger charge is -2.23. The van der Waals surface area contributed by atoms with Crippen molar-refractivity contribution >= 4 is 17.5 Å². The Morgan fingerprint density at radius 1 is 1.27 bits per heavy atom. The summed E-state index contributed by atoms with van der Waals surface area (Å²) in [6, 6.07) is 3.53. The quantitative estimate of drug-likeness (QED) is 0.848. The first-order valence-electron chi connectivity index (χ1n) is 7.35. The van der Waals surface area contributed by atoms with Crippen molar-refractivity contribution in [3.05, 3.63) is 45.6 Å². The SMILES string of the molecule is Cc1nnc([C@H]2CCCN2C(=O)c2cc(C)c(C)cc2Cl)o1. The first-order valence-corrected chi connectivity index (χ1v) is 7.73. The Hall–Kier alpha value is -1.88. The number of benzene rings is 1. The molecule has 1 atom stereocenters. The van der Waals surface area contributed by atoms with Crippen LogP contribution in [0.15, 0.2) is 16.5 Å². The van der Waals surface area contributed by atoms with Crippen LogP contribution in [0.4, 0.5) is 0 Å². The topological polar surface area (TPSA) is 59.2 Å². The highest BCUT2D eigenvalue weighted by atomic mass is 35.5. The van der Waals surface area contributed by atoms with Gasteiger partial charge in [-0.15, -0.1) is 10.2 Å². The van der Waals surface area contributed by atoms with Crippen LogP contribution in [0.2, 0.25) is 5.02 Å². The molecule has 0 saturated carbocycles. The molecular formula is C16H18ClN3O2. The number of hydrogen-bond acceptors (Lipinski definition) is 4. The van der Waals surface area contributed by atoms with Crippen molar-refractivity contribution in [2.75, 3.05) is 6.54 Å². The van der Waals surface area contributed by atoms with Crippen molar-refractivity contribution in [3.63, 3.8) is 0 Å². The second-order valence-corrected chi connectivity index (χ2v) is 6.14. The van der Waals surface area contributed by atoms with Crippen LogP contribution in [0.25, 0.3) is 0 Å². The summed E-state index contributed by atoms with van der Waals surface area (Å²) in [4.78, 5) is 14.7. The molecule has 1 aliphatic heterocycles. The van der Waals surface area contributed by atoms with E-state index in [9.17, 15) is 4.79 Å². The summed E-state index contributed by atoms with van der Waals surface area (Å²) in [5, 5.41) is 8.41. The highest BCUT2D eigenvalue weighted by Crippen LogP contribution is 2.34. The Bertz CT molecular complexity index is 726. The zero-order chi connectivity index (χ0) is 15.9. The van der Waals surface area contributed by atoms with Gasteiger partial charge in [-0.3, -0.25) is 4.79 Å². The van der Waals surface area contributed by atoms with Crippen LogP contribution in [-0.2, 0) is 0 Å². The number of amides is 1. The van der Waals surface area contributed by atoms with Crippen LogP contribution in [0, 0.1) is 20.8 Å². The van der Waals surface area contributed by atoms with Crippen LogP contribution in [-0.4, -0.2) is 27.5 Å². The molecule has 6 heteroatoms. The minimum atomic E-state index is -0.161. The van der Waals surface area contributed by atoms with Crippen LogP contribution in [0.1, 0.15) is 52.1 Å². The summed E-state index contributed by atoms with van der Waals surface area (Å²) in [5.41, 5.74) is 2.66. The normalized spacial score (nSPS) is 18.0. The molecule has 0 spiro atoms. The average Bonchev–Trinajstić information content (AvgIpc) is 3.10. The summed E-state index contributed by atoms with van der Waals surface area (Å²) >= 11 is 6.27. The van der Waals surface area contributed by atoms with Crippen molar-refractivity contribution < 1.29 is 9.21 Å². The zero-order valence-corrected chi connectivity index (χ0v) is 13.6. The molecule has 116 valence electrons. The number of carbonyl (C=O) groups excluding carboxylic acids is 1. The number of hydrogen-bond donors (Lipinski definition) is 0. The standard InChI is InChI=1S/C16H18ClN3O2/c1-9-7-12(13(17)8-10(9)2)16(21)20-6-4-5-14(20)15-19-18-11(3)22-15/h7-8,14H,4-6H2,1-3H3/t14-/m1/s1. The Balaban J connectivity index is 1.92. The number of aromatic nitrogens is 2. The third-order valence-electron chi connectivity index (χ3n) is 4.15. The molecule has 3 rings (SSSR count). The van der Waals surface area contributed by atoms with Gasteiger partial charge in [-0.1, -0.05) is 11.6 Å². The van der Waals surface area contributed by atoms with Gasteiger partial charge in [0, 0.05) is 13.5 Å². The number of rotatable bonds is 2. The number of carbonyl (C=O) groups is 1. The summed E-state index contributed by atoms with van der Waals surface area (Å²) < 4.78 is 5.51. The van der Waals surface area contributed by atoms with Crippen molar-refractivity contribution in [1.82, 2.24) is 15.1 Å². The largest absolute Gasteiger partial charge is 0.423 e. The molecule has 22 heavy (non-hydrogen) atoms. The average molecular weight is 320 g/mol. The highest BCUT2D eigenvalue weighted by Gasteiger charge is 2.34. The highest BCUT2D eigenvalue weighted by molar-refractivity contribution is 6.34. The van der Waals surface area contributed by atoms with Gasteiger partial charge in [-0.05, 0) is 49.9 Å². The Labute approximate surface area is 134 Å². The molecule has 5 nitrogen and oxygen atoms in total. The maximum Gasteiger partial charge on any atom is 0.256 e. The summed E-state index contributed by atoms with van der Waals surface area (Å²) in [6.07, 6.45) is 1.75. The van der Waals surface area contributed by atoms with Crippen molar-refractivity contribution in [2.24, 2.45) is 0 Å². The van der Waals surface area contributed by atoms with E-state index in [0.717, 1.165) is 24.0 Å². The third kappa shape index (κ3) is 2.61. The summed E-state index contributed by atoms with van der Waals surface area (Å²) in [7, 11) is 0. The first kappa shape index (κ1) is 15.0. The molecular weight excluding hydrogens is 302 g/mol. The molecule has 1 fully saturated rings. The van der Waals surface area contributed by atoms with Gasteiger partial charge in [-0.25, -0.2) is 0 Å². The van der Waals surface area contributed by atoms with Gasteiger partial charge in [0.15, 0.2) is 0 Å². The van der Waals surface area contributed by atoms with E-state index in [2.05, 4.69) is 10.2 Å². The van der Waals surface area contributed by atoms with E-state index in [-0.39, 0.29) is 11.9 Å². The Kier molecular flexibility index (Phi) is 3.91. The lowest BCUT2D eigenvalue weighted by atomic mass is 10.0. The van der Waals surface area contributed by atoms with E-state index >= 15 is 0 Å². The van der Waals surface area contributed by atoms with E-state index in [1.54, 1.807) is 11.8 Å². The lowest BCUT2D eigenvalue weighted by molar-refractivity contribution is 0.0715. The van der Waals surface area contributed by atoms with Crippen molar-refractivity contribution in [2.45, 2.75) is 39.7 Å². The van der Waals surface area contributed by atoms with Crippen LogP contribution in [0.3, 0.4) is 0 Å². The van der Waals surface area contributed by atoms with E-state index in [1.807, 2.05) is 26.0 Å². The molecule has 0 bridgehead atoms. The fourth-order valence-corrected chi connectivity index (χ4v) is 3.11. The van der Waals surface area contributed by atoms with E-state index in [1.165, 1.54) is 0 Å². The van der Waals surface area contributed by atoms with Gasteiger partial charge in [0.2, 0.25) is 11.8 Å². The molecule has 1 aliphatic rings. The predicted octanol–water partition coefficient (Wildman–Crippen LogP) is 3.63. The van der Waals surface area contributed by atoms with Crippen molar-refractivity contribution in [3.8, 4) is 0 Å². The summed E-state index contributed by atoms with van der Waals surface area (Å²) in [5.74, 6) is 0.938. The fraction of sp³-hybridized carbons (Fsp3) is 0.438. The second-order valence-electron chi connectivity index (χ2n) is 5.73. The fourth-order valence-electron chi connectivity index (χ4n) is 2.81. The molecule has 0 N–H and O–H groups in total. The number of nitrogens with zero attached hydrogens (tertiary/aromatic N) is 3. The minimum Gasteiger partial charge on any atom is -0.423 e. The molecule has 0 aliphatic carbocycles. The van der Waals surface area contributed by atoms with Crippen molar-refractivity contribution in [1.29, 1.82) is 0 Å². The van der Waals surface area contributed by atoms with E-state index < -0.39 is 0 Å². The monoisotopic (exact) mass is 319 g/mol. The molecule has 0 radical (unpaired) electrons. The van der Waals surface area contributed by atoms with E-state index in [0.29, 0.717) is 28.9 Å². The maximum absolute atomic E-state index is 12.9. The Morgan fingerprint density at radius 2 is 2.00 bits per heavy atom. The first-order chi connectivity index (χ1) is 10.5. The van der Waals surface area contributed by atoms with Gasteiger partial charge in [0.25, 0.3) is 5.91 Å². The zero-order valence-electron chi connectivity index (χ0n) is 12.9. The van der Waals surface area contributed by atoms with Gasteiger partial charge in [-0.2, -0.15) is 0 Å². The van der Waals surface area contributed by atoms with Gasteiger partial charge < -0.3 is 9.32 Å². The molecule has 2 heterocycles. The molecule has 1 aromatic heterocycles. The molecule has 1 amide bonds. The van der Waals surface area contributed by atoms with Crippen LogP contribution >= 0.6 is 11.6 Å². The van der Waals surface area contributed by atoms with Crippen LogP contribution in [0.5, 0.6) is 0 Å². The smallest absolute Gasteiger partial charge is 0.256 e. The number of likely N-dealkylation sites (tertiary alicyclic amines) is 1. The van der Waals surface area contributed by atoms with Gasteiger partial charge in [0.05, 0.1) is 10.6 Å². The maximum atomic E-state index is 12.9. The predicted molar refractivity (Wildman–Crippen MR) is 83.0 cm³/mol. The molecule has 1 aromatic carbocycles. The lowest BCUT2D eigenvalue weighted by Crippen LogP contribution is -2.31. The van der Waals surface area contributed by atoms with Gasteiger partial charge in [0.1, 0.15) is 6.04 Å². The molecule has 2 aromatic rings. The third-order valence-corrected chi connectivity index (χ3v) is 4.47. The Morgan fingerprint density at radius 3 is 2.68 bits per heavy atom.